The zero-order chi connectivity index (χ0) is 17.4. The smallest absolute Gasteiger partial charge is 0.411 e. The minimum atomic E-state index is -4.38. The number of nitrogens with one attached hydrogen (secondary N) is 1. The predicted molar refractivity (Wildman–Crippen MR) is 81.0 cm³/mol. The van der Waals surface area contributed by atoms with Crippen LogP contribution in [-0.4, -0.2) is 44.6 Å². The first-order valence-electron chi connectivity index (χ1n) is 7.71. The van der Waals surface area contributed by atoms with Crippen LogP contribution in [0, 0.1) is 0 Å². The highest BCUT2D eigenvalue weighted by molar-refractivity contribution is 5.90. The second-order valence-corrected chi connectivity index (χ2v) is 5.44. The molecule has 0 aromatic heterocycles. The van der Waals surface area contributed by atoms with Crippen molar-refractivity contribution in [1.29, 1.82) is 0 Å². The number of amides is 1. The molecule has 0 bridgehead atoms. The van der Waals surface area contributed by atoms with Gasteiger partial charge in [-0.05, 0) is 25.0 Å². The van der Waals surface area contributed by atoms with Crippen molar-refractivity contribution < 1.29 is 32.2 Å². The molecule has 1 aliphatic rings. The lowest BCUT2D eigenvalue weighted by molar-refractivity contribution is -0.174. The van der Waals surface area contributed by atoms with Crippen LogP contribution in [-0.2, 0) is 14.3 Å². The van der Waals surface area contributed by atoms with Crippen LogP contribution in [0.2, 0.25) is 0 Å². The van der Waals surface area contributed by atoms with Gasteiger partial charge in [-0.15, -0.1) is 0 Å². The number of hydrogen-bond acceptors (Lipinski definition) is 4. The minimum absolute atomic E-state index is 0.0917. The first-order chi connectivity index (χ1) is 11.4. The normalized spacial score (nSPS) is 17.7. The molecule has 1 saturated heterocycles. The van der Waals surface area contributed by atoms with Crippen LogP contribution in [0.4, 0.5) is 18.9 Å². The van der Waals surface area contributed by atoms with Gasteiger partial charge in [0.25, 0.3) is 0 Å². The molecule has 0 saturated carbocycles. The first-order valence-corrected chi connectivity index (χ1v) is 7.71. The van der Waals surface area contributed by atoms with E-state index in [9.17, 15) is 18.0 Å². The van der Waals surface area contributed by atoms with E-state index < -0.39 is 18.7 Å². The minimum Gasteiger partial charge on any atom is -0.491 e. The fraction of sp³-hybridized carbons (Fsp3) is 0.562. The molecule has 134 valence electrons. The molecule has 0 aliphatic carbocycles. The molecule has 5 nitrogen and oxygen atoms in total. The van der Waals surface area contributed by atoms with E-state index in [4.69, 9.17) is 9.47 Å². The van der Waals surface area contributed by atoms with Crippen LogP contribution in [0.1, 0.15) is 19.3 Å². The Morgan fingerprint density at radius 1 is 1.38 bits per heavy atom. The van der Waals surface area contributed by atoms with Crippen LogP contribution in [0.3, 0.4) is 0 Å². The molecule has 1 amide bonds. The van der Waals surface area contributed by atoms with Crippen LogP contribution in [0.15, 0.2) is 24.3 Å². The van der Waals surface area contributed by atoms with E-state index in [1.165, 1.54) is 0 Å². The molecule has 1 N–H and O–H groups in total. The molecule has 2 rings (SSSR count). The number of rotatable bonds is 8. The molecule has 1 unspecified atom stereocenters. The maximum Gasteiger partial charge on any atom is 0.411 e. The number of carbonyl (C=O) groups is 1. The lowest BCUT2D eigenvalue weighted by Crippen LogP contribution is -2.20. The Bertz CT molecular complexity index is 530. The molecular formula is C16H20F3NO4. The molecule has 1 fully saturated rings. The highest BCUT2D eigenvalue weighted by Gasteiger charge is 2.27. The quantitative estimate of drug-likeness (QED) is 0.734. The summed E-state index contributed by atoms with van der Waals surface area (Å²) in [6, 6.07) is 6.81. The van der Waals surface area contributed by atoms with E-state index in [-0.39, 0.29) is 19.1 Å². The summed E-state index contributed by atoms with van der Waals surface area (Å²) in [6.07, 6.45) is -2.45. The number of anilines is 1. The summed E-state index contributed by atoms with van der Waals surface area (Å²) in [6.45, 7) is -0.448. The van der Waals surface area contributed by atoms with Gasteiger partial charge in [0.05, 0.1) is 19.1 Å². The Kier molecular flexibility index (Phi) is 6.86. The molecule has 24 heavy (non-hydrogen) atoms. The average molecular weight is 347 g/mol. The van der Waals surface area contributed by atoms with Crippen molar-refractivity contribution in [2.45, 2.75) is 31.5 Å². The maximum atomic E-state index is 11.9. The summed E-state index contributed by atoms with van der Waals surface area (Å²) in [5.41, 5.74) is 0.515. The van der Waals surface area contributed by atoms with E-state index in [2.05, 4.69) is 10.1 Å². The van der Waals surface area contributed by atoms with Gasteiger partial charge in [-0.1, -0.05) is 6.07 Å². The highest BCUT2D eigenvalue weighted by Crippen LogP contribution is 2.20. The van der Waals surface area contributed by atoms with Gasteiger partial charge in [-0.25, -0.2) is 0 Å². The van der Waals surface area contributed by atoms with Gasteiger partial charge in [0.1, 0.15) is 19.0 Å². The van der Waals surface area contributed by atoms with E-state index in [1.54, 1.807) is 24.3 Å². The lowest BCUT2D eigenvalue weighted by Gasteiger charge is -2.12. The van der Waals surface area contributed by atoms with Gasteiger partial charge >= 0.3 is 6.18 Å². The van der Waals surface area contributed by atoms with Crippen LogP contribution < -0.4 is 10.1 Å². The Labute approximate surface area is 138 Å². The highest BCUT2D eigenvalue weighted by atomic mass is 19.4. The molecule has 8 heteroatoms. The Balaban J connectivity index is 1.71. The van der Waals surface area contributed by atoms with Gasteiger partial charge < -0.3 is 19.5 Å². The van der Waals surface area contributed by atoms with Crippen LogP contribution in [0.5, 0.6) is 5.75 Å². The van der Waals surface area contributed by atoms with Crippen molar-refractivity contribution in [3.63, 3.8) is 0 Å². The van der Waals surface area contributed by atoms with E-state index in [0.29, 0.717) is 18.0 Å². The third-order valence-electron chi connectivity index (χ3n) is 3.32. The number of hydrogen-bond donors (Lipinski definition) is 1. The van der Waals surface area contributed by atoms with Gasteiger partial charge in [0.15, 0.2) is 0 Å². The lowest BCUT2D eigenvalue weighted by atomic mass is 10.2. The molecule has 0 spiro atoms. The predicted octanol–water partition coefficient (Wildman–Crippen LogP) is 3.15. The molecule has 1 heterocycles. The van der Waals surface area contributed by atoms with E-state index in [1.807, 2.05) is 0 Å². The maximum absolute atomic E-state index is 11.9. The number of alkyl halides is 3. The molecule has 1 aromatic rings. The van der Waals surface area contributed by atoms with Gasteiger partial charge in [0, 0.05) is 18.4 Å². The van der Waals surface area contributed by atoms with Crippen LogP contribution >= 0.6 is 0 Å². The number of benzene rings is 1. The van der Waals surface area contributed by atoms with Gasteiger partial charge in [-0.2, -0.15) is 13.2 Å². The Morgan fingerprint density at radius 3 is 2.92 bits per heavy atom. The third kappa shape index (κ3) is 7.18. The number of halogens is 3. The molecule has 1 aliphatic heterocycles. The summed E-state index contributed by atoms with van der Waals surface area (Å²) in [7, 11) is 0. The molecule has 1 atom stereocenters. The average Bonchev–Trinajstić information content (AvgIpc) is 3.02. The van der Waals surface area contributed by atoms with E-state index in [0.717, 1.165) is 19.4 Å². The third-order valence-corrected chi connectivity index (χ3v) is 3.32. The van der Waals surface area contributed by atoms with E-state index >= 15 is 0 Å². The molecule has 1 aromatic carbocycles. The topological polar surface area (TPSA) is 56.8 Å². The monoisotopic (exact) mass is 347 g/mol. The SMILES string of the molecule is O=C(CCOCC(F)(F)F)Nc1cccc(OCC2CCCO2)c1. The second kappa shape index (κ2) is 8.89. The van der Waals surface area contributed by atoms with Crippen molar-refractivity contribution in [3.05, 3.63) is 24.3 Å². The van der Waals surface area contributed by atoms with Gasteiger partial charge in [0.2, 0.25) is 5.91 Å². The second-order valence-electron chi connectivity index (χ2n) is 5.44. The fourth-order valence-electron chi connectivity index (χ4n) is 2.20. The zero-order valence-corrected chi connectivity index (χ0v) is 13.1. The van der Waals surface area contributed by atoms with Crippen molar-refractivity contribution in [2.75, 3.05) is 31.7 Å². The first kappa shape index (κ1) is 18.5. The van der Waals surface area contributed by atoms with Crippen molar-refractivity contribution in [3.8, 4) is 5.75 Å². The molecular weight excluding hydrogens is 327 g/mol. The standard InChI is InChI=1S/C16H20F3NO4/c17-16(18,19)11-22-8-6-15(21)20-12-3-1-4-13(9-12)24-10-14-5-2-7-23-14/h1,3-4,9,14H,2,5-8,10-11H2,(H,20,21). The van der Waals surface area contributed by atoms with Crippen molar-refractivity contribution in [1.82, 2.24) is 0 Å². The summed E-state index contributed by atoms with van der Waals surface area (Å²) in [4.78, 5) is 11.7. The summed E-state index contributed by atoms with van der Waals surface area (Å²) in [5.74, 6) is 0.171. The van der Waals surface area contributed by atoms with Crippen molar-refractivity contribution >= 4 is 11.6 Å². The van der Waals surface area contributed by atoms with Crippen molar-refractivity contribution in [2.24, 2.45) is 0 Å². The number of carbonyl (C=O) groups excluding carboxylic acids is 1. The number of ether oxygens (including phenoxy) is 3. The fourth-order valence-corrected chi connectivity index (χ4v) is 2.20. The largest absolute Gasteiger partial charge is 0.491 e. The van der Waals surface area contributed by atoms with Crippen LogP contribution in [0.25, 0.3) is 0 Å². The Hall–Kier alpha value is -1.80. The molecule has 0 radical (unpaired) electrons. The summed E-state index contributed by atoms with van der Waals surface area (Å²) < 4.78 is 51.2. The van der Waals surface area contributed by atoms with Gasteiger partial charge in [-0.3, -0.25) is 4.79 Å². The Morgan fingerprint density at radius 2 is 2.21 bits per heavy atom. The zero-order valence-electron chi connectivity index (χ0n) is 13.1. The summed E-state index contributed by atoms with van der Waals surface area (Å²) in [5, 5.41) is 2.60. The summed E-state index contributed by atoms with van der Waals surface area (Å²) >= 11 is 0.